The molecule has 1 heterocycles. The molecule has 3 rings (SSSR count). The normalized spacial score (nSPS) is 18.2. The summed E-state index contributed by atoms with van der Waals surface area (Å²) < 4.78 is 11.5. The van der Waals surface area contributed by atoms with Crippen LogP contribution in [-0.4, -0.2) is 37.2 Å². The zero-order chi connectivity index (χ0) is 17.3. The van der Waals surface area contributed by atoms with Crippen LogP contribution in [-0.2, 0) is 17.8 Å². The quantitative estimate of drug-likeness (QED) is 0.715. The highest BCUT2D eigenvalue weighted by Gasteiger charge is 2.18. The Morgan fingerprint density at radius 1 is 1.04 bits per heavy atom. The van der Waals surface area contributed by atoms with Crippen molar-refractivity contribution >= 4 is 0 Å². The molecule has 0 amide bonds. The third-order valence-electron chi connectivity index (χ3n) is 4.79. The van der Waals surface area contributed by atoms with Crippen LogP contribution in [0.2, 0.25) is 0 Å². The fourth-order valence-corrected chi connectivity index (χ4v) is 3.22. The first-order valence-corrected chi connectivity index (χ1v) is 9.43. The maximum Gasteiger partial charge on any atom is 0.119 e. The van der Waals surface area contributed by atoms with Gasteiger partial charge in [-0.2, -0.15) is 0 Å². The van der Waals surface area contributed by atoms with Gasteiger partial charge < -0.3 is 9.47 Å². The van der Waals surface area contributed by atoms with E-state index in [9.17, 15) is 0 Å². The smallest absolute Gasteiger partial charge is 0.119 e. The highest BCUT2D eigenvalue weighted by Crippen LogP contribution is 2.14. The molecule has 3 nitrogen and oxygen atoms in total. The van der Waals surface area contributed by atoms with Gasteiger partial charge in [0.2, 0.25) is 0 Å². The molecule has 1 fully saturated rings. The number of aryl methyl sites for hydroxylation is 1. The second-order valence-corrected chi connectivity index (χ2v) is 6.72. The van der Waals surface area contributed by atoms with Crippen LogP contribution in [0.15, 0.2) is 54.6 Å². The van der Waals surface area contributed by atoms with Gasteiger partial charge in [0.25, 0.3) is 0 Å². The Bertz CT molecular complexity index is 612. The van der Waals surface area contributed by atoms with Gasteiger partial charge in [0.15, 0.2) is 0 Å². The molecule has 1 aliphatic heterocycles. The molecule has 0 aliphatic carbocycles. The molecule has 0 bridgehead atoms. The minimum atomic E-state index is 0.428. The van der Waals surface area contributed by atoms with Crippen LogP contribution >= 0.6 is 0 Å². The van der Waals surface area contributed by atoms with Gasteiger partial charge in [0.1, 0.15) is 12.4 Å². The first-order valence-electron chi connectivity index (χ1n) is 9.43. The number of morpholine rings is 1. The van der Waals surface area contributed by atoms with Gasteiger partial charge in [-0.3, -0.25) is 4.90 Å². The Labute approximate surface area is 151 Å². The summed E-state index contributed by atoms with van der Waals surface area (Å²) >= 11 is 0. The molecule has 3 heteroatoms. The Morgan fingerprint density at radius 3 is 2.56 bits per heavy atom. The number of hydrogen-bond donors (Lipinski definition) is 0. The molecule has 0 saturated carbocycles. The van der Waals surface area contributed by atoms with Gasteiger partial charge in [-0.15, -0.1) is 0 Å². The zero-order valence-corrected chi connectivity index (χ0v) is 15.2. The van der Waals surface area contributed by atoms with Crippen molar-refractivity contribution in [2.24, 2.45) is 0 Å². The summed E-state index contributed by atoms with van der Waals surface area (Å²) in [5, 5.41) is 0. The average molecular weight is 339 g/mol. The van der Waals surface area contributed by atoms with E-state index in [1.165, 1.54) is 24.1 Å². The minimum absolute atomic E-state index is 0.428. The van der Waals surface area contributed by atoms with E-state index in [2.05, 4.69) is 36.1 Å². The maximum absolute atomic E-state index is 5.79. The molecule has 2 aromatic rings. The average Bonchev–Trinajstić information content (AvgIpc) is 2.68. The van der Waals surface area contributed by atoms with Crippen molar-refractivity contribution in [2.45, 2.75) is 38.9 Å². The fraction of sp³-hybridized carbons (Fsp3) is 0.455. The lowest BCUT2D eigenvalue weighted by Gasteiger charge is -2.32. The third kappa shape index (κ3) is 5.87. The third-order valence-corrected chi connectivity index (χ3v) is 4.79. The molecule has 0 spiro atoms. The highest BCUT2D eigenvalue weighted by atomic mass is 16.5. The monoisotopic (exact) mass is 339 g/mol. The summed E-state index contributed by atoms with van der Waals surface area (Å²) in [5.74, 6) is 0.919. The predicted octanol–water partition coefficient (Wildman–Crippen LogP) is 4.31. The standard InChI is InChI=1S/C22H29NO2/c1-2-21-17-23(15-16-24-21)14-6-7-19-10-12-20(13-11-19)18-25-22-8-4-3-5-9-22/h3-5,8-13,21H,2,6-7,14-18H2,1H3/t21-/m1/s1. The molecular weight excluding hydrogens is 310 g/mol. The van der Waals surface area contributed by atoms with Gasteiger partial charge in [0, 0.05) is 13.1 Å². The maximum atomic E-state index is 5.79. The lowest BCUT2D eigenvalue weighted by Crippen LogP contribution is -2.42. The van der Waals surface area contributed by atoms with E-state index < -0.39 is 0 Å². The molecule has 134 valence electrons. The van der Waals surface area contributed by atoms with E-state index in [1.807, 2.05) is 30.3 Å². The zero-order valence-electron chi connectivity index (χ0n) is 15.2. The van der Waals surface area contributed by atoms with E-state index in [0.29, 0.717) is 12.7 Å². The van der Waals surface area contributed by atoms with Crippen LogP contribution in [0.5, 0.6) is 5.75 Å². The summed E-state index contributed by atoms with van der Waals surface area (Å²) in [6.07, 6.45) is 3.88. The molecule has 0 aromatic heterocycles. The molecule has 1 saturated heterocycles. The van der Waals surface area contributed by atoms with E-state index >= 15 is 0 Å². The summed E-state index contributed by atoms with van der Waals surface area (Å²) in [4.78, 5) is 2.54. The van der Waals surface area contributed by atoms with Crippen LogP contribution in [0.4, 0.5) is 0 Å². The second-order valence-electron chi connectivity index (χ2n) is 6.72. The number of rotatable bonds is 8. The van der Waals surface area contributed by atoms with Crippen molar-refractivity contribution in [3.05, 3.63) is 65.7 Å². The minimum Gasteiger partial charge on any atom is -0.489 e. The number of nitrogens with zero attached hydrogens (tertiary/aromatic N) is 1. The van der Waals surface area contributed by atoms with E-state index in [0.717, 1.165) is 38.3 Å². The van der Waals surface area contributed by atoms with Crippen molar-refractivity contribution < 1.29 is 9.47 Å². The van der Waals surface area contributed by atoms with E-state index in [-0.39, 0.29) is 0 Å². The van der Waals surface area contributed by atoms with Crippen molar-refractivity contribution in [1.29, 1.82) is 0 Å². The van der Waals surface area contributed by atoms with Crippen LogP contribution < -0.4 is 4.74 Å². The van der Waals surface area contributed by atoms with Crippen LogP contribution in [0.3, 0.4) is 0 Å². The molecule has 1 atom stereocenters. The Hall–Kier alpha value is -1.84. The topological polar surface area (TPSA) is 21.7 Å². The SMILES string of the molecule is CC[C@@H]1CN(CCCc2ccc(COc3ccccc3)cc2)CCO1. The van der Waals surface area contributed by atoms with E-state index in [4.69, 9.17) is 9.47 Å². The first-order chi connectivity index (χ1) is 12.3. The number of hydrogen-bond acceptors (Lipinski definition) is 3. The molecule has 25 heavy (non-hydrogen) atoms. The number of ether oxygens (including phenoxy) is 2. The Balaban J connectivity index is 1.39. The van der Waals surface area contributed by atoms with Crippen molar-refractivity contribution in [3.63, 3.8) is 0 Å². The summed E-state index contributed by atoms with van der Waals surface area (Å²) in [6.45, 7) is 7.04. The molecular formula is C22H29NO2. The largest absolute Gasteiger partial charge is 0.489 e. The van der Waals surface area contributed by atoms with Crippen LogP contribution in [0.1, 0.15) is 30.9 Å². The van der Waals surface area contributed by atoms with E-state index in [1.54, 1.807) is 0 Å². The van der Waals surface area contributed by atoms with Crippen LogP contribution in [0.25, 0.3) is 0 Å². The first kappa shape index (κ1) is 18.0. The lowest BCUT2D eigenvalue weighted by atomic mass is 10.1. The van der Waals surface area contributed by atoms with Gasteiger partial charge in [-0.05, 0) is 49.1 Å². The van der Waals surface area contributed by atoms with Gasteiger partial charge >= 0.3 is 0 Å². The Kier molecular flexibility index (Phi) is 6.89. The number of benzene rings is 2. The number of para-hydroxylation sites is 1. The molecule has 0 unspecified atom stereocenters. The van der Waals surface area contributed by atoms with Crippen molar-refractivity contribution in [1.82, 2.24) is 4.90 Å². The highest BCUT2D eigenvalue weighted by molar-refractivity contribution is 5.24. The van der Waals surface area contributed by atoms with Crippen molar-refractivity contribution in [3.8, 4) is 5.75 Å². The fourth-order valence-electron chi connectivity index (χ4n) is 3.22. The lowest BCUT2D eigenvalue weighted by molar-refractivity contribution is -0.0297. The molecule has 0 N–H and O–H groups in total. The molecule has 2 aromatic carbocycles. The summed E-state index contributed by atoms with van der Waals surface area (Å²) in [5.41, 5.74) is 2.62. The second kappa shape index (κ2) is 9.59. The summed E-state index contributed by atoms with van der Waals surface area (Å²) in [6, 6.07) is 18.8. The van der Waals surface area contributed by atoms with Crippen LogP contribution in [0, 0.1) is 0 Å². The molecule has 0 radical (unpaired) electrons. The molecule has 1 aliphatic rings. The summed E-state index contributed by atoms with van der Waals surface area (Å²) in [7, 11) is 0. The van der Waals surface area contributed by atoms with Gasteiger partial charge in [0.05, 0.1) is 12.7 Å². The van der Waals surface area contributed by atoms with Gasteiger partial charge in [-0.25, -0.2) is 0 Å². The Morgan fingerprint density at radius 2 is 1.80 bits per heavy atom. The van der Waals surface area contributed by atoms with Crippen molar-refractivity contribution in [2.75, 3.05) is 26.2 Å². The predicted molar refractivity (Wildman–Crippen MR) is 102 cm³/mol. The van der Waals surface area contributed by atoms with Gasteiger partial charge in [-0.1, -0.05) is 49.4 Å².